The third kappa shape index (κ3) is 4.53. The maximum Gasteiger partial charge on any atom is 0.277 e. The van der Waals surface area contributed by atoms with Gasteiger partial charge in [0, 0.05) is 15.7 Å². The Bertz CT molecular complexity index is 925. The molecule has 1 unspecified atom stereocenters. The number of thioether (sulfide) groups is 1. The SMILES string of the molecule is Cc1ccc(-c2nnc(SC(C)C(=O)Nc3ccc(Br)cc3)o2)cc1C. The lowest BCUT2D eigenvalue weighted by atomic mass is 10.1. The van der Waals surface area contributed by atoms with E-state index in [-0.39, 0.29) is 11.2 Å². The molecule has 1 heterocycles. The number of carbonyl (C=O) groups excluding carboxylic acids is 1. The summed E-state index contributed by atoms with van der Waals surface area (Å²) in [6, 6.07) is 13.4. The Morgan fingerprint density at radius 2 is 1.85 bits per heavy atom. The molecular weight excluding hydrogens is 414 g/mol. The molecule has 7 heteroatoms. The summed E-state index contributed by atoms with van der Waals surface area (Å²) in [7, 11) is 0. The van der Waals surface area contributed by atoms with E-state index in [0.29, 0.717) is 11.1 Å². The monoisotopic (exact) mass is 431 g/mol. The predicted octanol–water partition coefficient (Wildman–Crippen LogP) is 5.24. The molecule has 1 aromatic heterocycles. The lowest BCUT2D eigenvalue weighted by Crippen LogP contribution is -2.22. The van der Waals surface area contributed by atoms with Crippen molar-refractivity contribution in [2.75, 3.05) is 5.32 Å². The van der Waals surface area contributed by atoms with Crippen molar-refractivity contribution in [2.45, 2.75) is 31.2 Å². The minimum Gasteiger partial charge on any atom is -0.411 e. The number of aryl methyl sites for hydroxylation is 2. The van der Waals surface area contributed by atoms with Crippen LogP contribution in [0, 0.1) is 13.8 Å². The lowest BCUT2D eigenvalue weighted by Gasteiger charge is -2.09. The first-order valence-corrected chi connectivity index (χ1v) is 9.74. The molecule has 1 atom stereocenters. The van der Waals surface area contributed by atoms with E-state index in [4.69, 9.17) is 4.42 Å². The molecular formula is C19H18BrN3O2S. The molecule has 1 N–H and O–H groups in total. The van der Waals surface area contributed by atoms with Gasteiger partial charge in [0.2, 0.25) is 11.8 Å². The fourth-order valence-corrected chi connectivity index (χ4v) is 3.18. The van der Waals surface area contributed by atoms with E-state index in [0.717, 1.165) is 21.3 Å². The van der Waals surface area contributed by atoms with Gasteiger partial charge in [-0.1, -0.05) is 33.8 Å². The van der Waals surface area contributed by atoms with E-state index in [2.05, 4.69) is 38.4 Å². The van der Waals surface area contributed by atoms with E-state index >= 15 is 0 Å². The fourth-order valence-electron chi connectivity index (χ4n) is 2.23. The Labute approximate surface area is 164 Å². The first kappa shape index (κ1) is 18.7. The Morgan fingerprint density at radius 1 is 1.12 bits per heavy atom. The molecule has 0 aliphatic rings. The Kier molecular flexibility index (Phi) is 5.78. The van der Waals surface area contributed by atoms with Crippen LogP contribution < -0.4 is 5.32 Å². The normalized spacial score (nSPS) is 12.0. The highest BCUT2D eigenvalue weighted by molar-refractivity contribution is 9.10. The van der Waals surface area contributed by atoms with Crippen molar-refractivity contribution >= 4 is 39.3 Å². The first-order valence-electron chi connectivity index (χ1n) is 8.06. The summed E-state index contributed by atoms with van der Waals surface area (Å²) in [6.07, 6.45) is 0. The molecule has 0 saturated carbocycles. The number of hydrogen-bond donors (Lipinski definition) is 1. The number of hydrogen-bond acceptors (Lipinski definition) is 5. The van der Waals surface area contributed by atoms with Crippen molar-refractivity contribution in [3.8, 4) is 11.5 Å². The van der Waals surface area contributed by atoms with Gasteiger partial charge in [0.05, 0.1) is 5.25 Å². The first-order chi connectivity index (χ1) is 12.4. The predicted molar refractivity (Wildman–Crippen MR) is 107 cm³/mol. The summed E-state index contributed by atoms with van der Waals surface area (Å²) < 4.78 is 6.67. The summed E-state index contributed by atoms with van der Waals surface area (Å²) in [5.41, 5.74) is 3.99. The van der Waals surface area contributed by atoms with Crippen molar-refractivity contribution in [3.63, 3.8) is 0 Å². The zero-order valence-electron chi connectivity index (χ0n) is 14.6. The fraction of sp³-hybridized carbons (Fsp3) is 0.211. The van der Waals surface area contributed by atoms with Crippen LogP contribution in [0.3, 0.4) is 0 Å². The minimum atomic E-state index is -0.369. The number of carbonyl (C=O) groups is 1. The van der Waals surface area contributed by atoms with Crippen LogP contribution in [0.5, 0.6) is 0 Å². The van der Waals surface area contributed by atoms with Gasteiger partial charge in [-0.15, -0.1) is 10.2 Å². The quantitative estimate of drug-likeness (QED) is 0.559. The van der Waals surface area contributed by atoms with Crippen LogP contribution in [0.1, 0.15) is 18.1 Å². The van der Waals surface area contributed by atoms with Gasteiger partial charge in [-0.25, -0.2) is 0 Å². The summed E-state index contributed by atoms with van der Waals surface area (Å²) >= 11 is 4.61. The Hall–Kier alpha value is -2.12. The number of anilines is 1. The van der Waals surface area contributed by atoms with E-state index in [1.165, 1.54) is 17.3 Å². The van der Waals surface area contributed by atoms with Crippen LogP contribution in [0.2, 0.25) is 0 Å². The third-order valence-corrected chi connectivity index (χ3v) is 5.38. The molecule has 0 radical (unpaired) electrons. The van der Waals surface area contributed by atoms with Crippen LogP contribution in [-0.2, 0) is 4.79 Å². The highest BCUT2D eigenvalue weighted by atomic mass is 79.9. The molecule has 1 amide bonds. The summed E-state index contributed by atoms with van der Waals surface area (Å²) in [6.45, 7) is 5.90. The van der Waals surface area contributed by atoms with Crippen LogP contribution in [0.25, 0.3) is 11.5 Å². The molecule has 0 bridgehead atoms. The number of aromatic nitrogens is 2. The van der Waals surface area contributed by atoms with Crippen molar-refractivity contribution in [3.05, 3.63) is 58.1 Å². The maximum atomic E-state index is 12.3. The second-order valence-corrected chi connectivity index (χ2v) is 8.14. The largest absolute Gasteiger partial charge is 0.411 e. The van der Waals surface area contributed by atoms with Crippen LogP contribution >= 0.6 is 27.7 Å². The molecule has 5 nitrogen and oxygen atoms in total. The van der Waals surface area contributed by atoms with Gasteiger partial charge >= 0.3 is 0 Å². The summed E-state index contributed by atoms with van der Waals surface area (Å²) in [5.74, 6) is 0.333. The molecule has 0 spiro atoms. The number of halogens is 1. The van der Waals surface area contributed by atoms with Gasteiger partial charge in [-0.3, -0.25) is 4.79 Å². The van der Waals surface area contributed by atoms with E-state index in [9.17, 15) is 4.79 Å². The average Bonchev–Trinajstić information content (AvgIpc) is 3.07. The van der Waals surface area contributed by atoms with Gasteiger partial charge in [0.1, 0.15) is 0 Å². The molecule has 3 aromatic rings. The molecule has 0 aliphatic heterocycles. The number of benzene rings is 2. The van der Waals surface area contributed by atoms with Crippen molar-refractivity contribution < 1.29 is 9.21 Å². The molecule has 3 rings (SSSR count). The van der Waals surface area contributed by atoms with Gasteiger partial charge < -0.3 is 9.73 Å². The number of amides is 1. The van der Waals surface area contributed by atoms with Gasteiger partial charge in [0.25, 0.3) is 5.22 Å². The minimum absolute atomic E-state index is 0.122. The smallest absolute Gasteiger partial charge is 0.277 e. The Balaban J connectivity index is 1.65. The van der Waals surface area contributed by atoms with E-state index < -0.39 is 0 Å². The molecule has 2 aromatic carbocycles. The highest BCUT2D eigenvalue weighted by Crippen LogP contribution is 2.27. The van der Waals surface area contributed by atoms with Crippen LogP contribution in [0.4, 0.5) is 5.69 Å². The van der Waals surface area contributed by atoms with Crippen molar-refractivity contribution in [1.82, 2.24) is 10.2 Å². The Morgan fingerprint density at radius 3 is 2.54 bits per heavy atom. The van der Waals surface area contributed by atoms with Crippen LogP contribution in [0.15, 0.2) is 56.6 Å². The maximum absolute atomic E-state index is 12.3. The van der Waals surface area contributed by atoms with E-state index in [1.807, 2.05) is 49.4 Å². The number of nitrogens with zero attached hydrogens (tertiary/aromatic N) is 2. The number of rotatable bonds is 5. The van der Waals surface area contributed by atoms with Crippen molar-refractivity contribution in [1.29, 1.82) is 0 Å². The van der Waals surface area contributed by atoms with Gasteiger partial charge in [-0.05, 0) is 68.3 Å². The molecule has 0 aliphatic carbocycles. The molecule has 134 valence electrons. The highest BCUT2D eigenvalue weighted by Gasteiger charge is 2.19. The van der Waals surface area contributed by atoms with Gasteiger partial charge in [0.15, 0.2) is 0 Å². The summed E-state index contributed by atoms with van der Waals surface area (Å²) in [5, 5.41) is 11.0. The van der Waals surface area contributed by atoms with Gasteiger partial charge in [-0.2, -0.15) is 0 Å². The zero-order valence-corrected chi connectivity index (χ0v) is 17.0. The van der Waals surface area contributed by atoms with Crippen LogP contribution in [-0.4, -0.2) is 21.4 Å². The lowest BCUT2D eigenvalue weighted by molar-refractivity contribution is -0.115. The molecule has 0 saturated heterocycles. The van der Waals surface area contributed by atoms with E-state index in [1.54, 1.807) is 6.92 Å². The van der Waals surface area contributed by atoms with Crippen molar-refractivity contribution in [2.24, 2.45) is 0 Å². The second kappa shape index (κ2) is 8.05. The second-order valence-electron chi connectivity index (χ2n) is 5.93. The molecule has 0 fully saturated rings. The standard InChI is InChI=1S/C19H18BrN3O2S/c1-11-4-5-14(10-12(11)2)18-22-23-19(25-18)26-13(3)17(24)21-16-8-6-15(20)7-9-16/h4-10,13H,1-3H3,(H,21,24). The molecule has 26 heavy (non-hydrogen) atoms. The summed E-state index contributed by atoms with van der Waals surface area (Å²) in [4.78, 5) is 12.3. The average molecular weight is 432 g/mol. The number of nitrogens with one attached hydrogen (secondary N) is 1. The third-order valence-electron chi connectivity index (χ3n) is 3.92. The zero-order chi connectivity index (χ0) is 18.7. The topological polar surface area (TPSA) is 68.0 Å².